The van der Waals surface area contributed by atoms with Gasteiger partial charge in [-0.3, -0.25) is 14.9 Å². The van der Waals surface area contributed by atoms with Crippen LogP contribution in [0.4, 0.5) is 5.69 Å². The molecule has 1 rings (SSSR count). The monoisotopic (exact) mass is 266 g/mol. The fourth-order valence-corrected chi connectivity index (χ4v) is 1.72. The van der Waals surface area contributed by atoms with E-state index >= 15 is 0 Å². The van der Waals surface area contributed by atoms with Crippen LogP contribution >= 0.6 is 0 Å². The highest BCUT2D eigenvalue weighted by Crippen LogP contribution is 2.18. The molecule has 0 aliphatic rings. The Hall–Kier alpha value is -1.95. The van der Waals surface area contributed by atoms with Crippen molar-refractivity contribution in [2.75, 3.05) is 6.61 Å². The number of aryl methyl sites for hydroxylation is 1. The van der Waals surface area contributed by atoms with Crippen molar-refractivity contribution >= 4 is 11.6 Å². The molecule has 6 heteroatoms. The van der Waals surface area contributed by atoms with Gasteiger partial charge in [-0.2, -0.15) is 0 Å². The van der Waals surface area contributed by atoms with E-state index in [4.69, 9.17) is 5.11 Å². The first-order valence-electron chi connectivity index (χ1n) is 5.94. The molecular weight excluding hydrogens is 248 g/mol. The molecule has 0 aromatic heterocycles. The van der Waals surface area contributed by atoms with Crippen LogP contribution in [0.25, 0.3) is 0 Å². The normalized spacial score (nSPS) is 11.2. The predicted octanol–water partition coefficient (Wildman–Crippen LogP) is 1.79. The minimum Gasteiger partial charge on any atom is -0.396 e. The molecule has 0 heterocycles. The standard InChI is InChI=1S/C13H18N2O4/c1-9-6-10(8-11(7-9)15(18)19)12(17)14-13(2,3)4-5-16/h6-8,16H,4-5H2,1-3H3,(H,14,17). The highest BCUT2D eigenvalue weighted by Gasteiger charge is 2.21. The first-order valence-corrected chi connectivity index (χ1v) is 5.94. The summed E-state index contributed by atoms with van der Waals surface area (Å²) >= 11 is 0. The number of hydrogen-bond acceptors (Lipinski definition) is 4. The Labute approximate surface area is 111 Å². The van der Waals surface area contributed by atoms with Crippen molar-refractivity contribution < 1.29 is 14.8 Å². The number of nitrogens with zero attached hydrogens (tertiary/aromatic N) is 1. The van der Waals surface area contributed by atoms with E-state index in [1.165, 1.54) is 12.1 Å². The number of rotatable bonds is 5. The third kappa shape index (κ3) is 4.33. The Bertz CT molecular complexity index is 497. The molecule has 1 amide bonds. The third-order valence-corrected chi connectivity index (χ3v) is 2.72. The highest BCUT2D eigenvalue weighted by molar-refractivity contribution is 5.95. The first kappa shape index (κ1) is 15.1. The van der Waals surface area contributed by atoms with Crippen LogP contribution < -0.4 is 5.32 Å². The van der Waals surface area contributed by atoms with Crippen LogP contribution in [-0.2, 0) is 0 Å². The predicted molar refractivity (Wildman–Crippen MR) is 71.1 cm³/mol. The van der Waals surface area contributed by atoms with E-state index < -0.39 is 10.5 Å². The fourth-order valence-electron chi connectivity index (χ4n) is 1.72. The Morgan fingerprint density at radius 3 is 2.58 bits per heavy atom. The summed E-state index contributed by atoms with van der Waals surface area (Å²) in [4.78, 5) is 22.3. The number of nitro benzene ring substituents is 1. The van der Waals surface area contributed by atoms with Gasteiger partial charge in [-0.15, -0.1) is 0 Å². The molecule has 104 valence electrons. The summed E-state index contributed by atoms with van der Waals surface area (Å²) in [6.07, 6.45) is 0.409. The number of benzene rings is 1. The molecule has 0 bridgehead atoms. The third-order valence-electron chi connectivity index (χ3n) is 2.72. The van der Waals surface area contributed by atoms with Crippen molar-refractivity contribution in [2.45, 2.75) is 32.7 Å². The topological polar surface area (TPSA) is 92.5 Å². The molecule has 0 atom stereocenters. The Morgan fingerprint density at radius 1 is 1.42 bits per heavy atom. The second kappa shape index (κ2) is 5.79. The Kier molecular flexibility index (Phi) is 4.61. The van der Waals surface area contributed by atoms with Gasteiger partial charge in [-0.1, -0.05) is 0 Å². The Morgan fingerprint density at radius 2 is 2.05 bits per heavy atom. The van der Waals surface area contributed by atoms with Crippen LogP contribution in [-0.4, -0.2) is 28.1 Å². The zero-order valence-corrected chi connectivity index (χ0v) is 11.3. The second-order valence-corrected chi connectivity index (χ2v) is 5.13. The lowest BCUT2D eigenvalue weighted by Gasteiger charge is -2.25. The van der Waals surface area contributed by atoms with Crippen LogP contribution in [0.2, 0.25) is 0 Å². The molecule has 0 aliphatic heterocycles. The van der Waals surface area contributed by atoms with Gasteiger partial charge in [-0.25, -0.2) is 0 Å². The quantitative estimate of drug-likeness (QED) is 0.627. The average Bonchev–Trinajstić information content (AvgIpc) is 2.27. The number of aliphatic hydroxyl groups is 1. The molecule has 0 aliphatic carbocycles. The van der Waals surface area contributed by atoms with Crippen molar-refractivity contribution in [3.05, 3.63) is 39.4 Å². The van der Waals surface area contributed by atoms with Crippen molar-refractivity contribution in [1.29, 1.82) is 0 Å². The van der Waals surface area contributed by atoms with E-state index in [0.29, 0.717) is 12.0 Å². The lowest BCUT2D eigenvalue weighted by Crippen LogP contribution is -2.44. The summed E-state index contributed by atoms with van der Waals surface area (Å²) in [6, 6.07) is 4.25. The molecule has 0 saturated carbocycles. The van der Waals surface area contributed by atoms with Gasteiger partial charge >= 0.3 is 0 Å². The molecule has 2 N–H and O–H groups in total. The van der Waals surface area contributed by atoms with E-state index in [0.717, 1.165) is 0 Å². The summed E-state index contributed by atoms with van der Waals surface area (Å²) in [5.41, 5.74) is 0.229. The van der Waals surface area contributed by atoms with Crippen molar-refractivity contribution in [1.82, 2.24) is 5.32 Å². The summed E-state index contributed by atoms with van der Waals surface area (Å²) in [5.74, 6) is -0.384. The van der Waals surface area contributed by atoms with Gasteiger partial charge in [-0.05, 0) is 38.8 Å². The molecule has 1 aromatic carbocycles. The summed E-state index contributed by atoms with van der Waals surface area (Å²) in [7, 11) is 0. The van der Waals surface area contributed by atoms with E-state index in [1.807, 2.05) is 0 Å². The van der Waals surface area contributed by atoms with E-state index in [-0.39, 0.29) is 23.8 Å². The van der Waals surface area contributed by atoms with Gasteiger partial charge in [0.15, 0.2) is 0 Å². The maximum Gasteiger partial charge on any atom is 0.270 e. The van der Waals surface area contributed by atoms with Crippen LogP contribution in [0, 0.1) is 17.0 Å². The smallest absolute Gasteiger partial charge is 0.270 e. The summed E-state index contributed by atoms with van der Waals surface area (Å²) < 4.78 is 0. The van der Waals surface area contributed by atoms with E-state index in [9.17, 15) is 14.9 Å². The Balaban J connectivity index is 2.97. The minimum atomic E-state index is -0.565. The van der Waals surface area contributed by atoms with Crippen molar-refractivity contribution in [2.24, 2.45) is 0 Å². The molecule has 0 spiro atoms. The molecule has 19 heavy (non-hydrogen) atoms. The highest BCUT2D eigenvalue weighted by atomic mass is 16.6. The van der Waals surface area contributed by atoms with Gasteiger partial charge in [0.25, 0.3) is 11.6 Å². The van der Waals surface area contributed by atoms with E-state index in [1.54, 1.807) is 26.8 Å². The largest absolute Gasteiger partial charge is 0.396 e. The number of nitrogens with one attached hydrogen (secondary N) is 1. The number of nitro groups is 1. The number of carbonyl (C=O) groups is 1. The zero-order chi connectivity index (χ0) is 14.6. The van der Waals surface area contributed by atoms with Crippen LogP contribution in [0.15, 0.2) is 18.2 Å². The molecular formula is C13H18N2O4. The molecule has 0 radical (unpaired) electrons. The fraction of sp³-hybridized carbons (Fsp3) is 0.462. The first-order chi connectivity index (χ1) is 8.75. The zero-order valence-electron chi connectivity index (χ0n) is 11.3. The van der Waals surface area contributed by atoms with Gasteiger partial charge in [0.1, 0.15) is 0 Å². The maximum absolute atomic E-state index is 12.0. The van der Waals surface area contributed by atoms with Crippen LogP contribution in [0.3, 0.4) is 0 Å². The van der Waals surface area contributed by atoms with Crippen molar-refractivity contribution in [3.8, 4) is 0 Å². The SMILES string of the molecule is Cc1cc(C(=O)NC(C)(C)CCO)cc([N+](=O)[O-])c1. The van der Waals surface area contributed by atoms with Gasteiger partial charge in [0.2, 0.25) is 0 Å². The second-order valence-electron chi connectivity index (χ2n) is 5.13. The number of amides is 1. The van der Waals surface area contributed by atoms with Gasteiger partial charge < -0.3 is 10.4 Å². The number of aliphatic hydroxyl groups excluding tert-OH is 1. The average molecular weight is 266 g/mol. The molecule has 0 unspecified atom stereocenters. The van der Waals surface area contributed by atoms with Crippen molar-refractivity contribution in [3.63, 3.8) is 0 Å². The van der Waals surface area contributed by atoms with Crippen LogP contribution in [0.5, 0.6) is 0 Å². The molecule has 6 nitrogen and oxygen atoms in total. The molecule has 0 saturated heterocycles. The molecule has 1 aromatic rings. The number of non-ortho nitro benzene ring substituents is 1. The summed E-state index contributed by atoms with van der Waals surface area (Å²) in [6.45, 7) is 5.22. The minimum absolute atomic E-state index is 0.0404. The van der Waals surface area contributed by atoms with Gasteiger partial charge in [0, 0.05) is 29.8 Å². The van der Waals surface area contributed by atoms with Crippen LogP contribution in [0.1, 0.15) is 36.2 Å². The lowest BCUT2D eigenvalue weighted by atomic mass is 10.00. The number of hydrogen-bond donors (Lipinski definition) is 2. The van der Waals surface area contributed by atoms with Gasteiger partial charge in [0.05, 0.1) is 4.92 Å². The number of carbonyl (C=O) groups excluding carboxylic acids is 1. The molecule has 0 fully saturated rings. The maximum atomic E-state index is 12.0. The lowest BCUT2D eigenvalue weighted by molar-refractivity contribution is -0.384. The van der Waals surface area contributed by atoms with E-state index in [2.05, 4.69) is 5.32 Å². The summed E-state index contributed by atoms with van der Waals surface area (Å²) in [5, 5.41) is 22.4.